The largest absolute Gasteiger partial charge is 0.381 e. The summed E-state index contributed by atoms with van der Waals surface area (Å²) in [6.45, 7) is 1.86. The summed E-state index contributed by atoms with van der Waals surface area (Å²) in [6.07, 6.45) is 2.06. The molecule has 1 N–H and O–H groups in total. The van der Waals surface area contributed by atoms with Gasteiger partial charge in [0.1, 0.15) is 6.54 Å². The van der Waals surface area contributed by atoms with Crippen LogP contribution in [0.15, 0.2) is 4.99 Å². The molecule has 0 aliphatic carbocycles. The molecule has 17 heavy (non-hydrogen) atoms. The second-order valence-electron chi connectivity index (χ2n) is 4.72. The van der Waals surface area contributed by atoms with Crippen molar-refractivity contribution in [3.05, 3.63) is 0 Å². The molecule has 0 atom stereocenters. The van der Waals surface area contributed by atoms with Gasteiger partial charge in [-0.3, -0.25) is 9.79 Å². The van der Waals surface area contributed by atoms with Crippen LogP contribution in [-0.4, -0.2) is 61.1 Å². The first-order chi connectivity index (χ1) is 8.11. The fourth-order valence-corrected chi connectivity index (χ4v) is 3.12. The van der Waals surface area contributed by atoms with Gasteiger partial charge in [-0.25, -0.2) is 0 Å². The van der Waals surface area contributed by atoms with Crippen LogP contribution in [0.1, 0.15) is 12.8 Å². The van der Waals surface area contributed by atoms with Gasteiger partial charge in [0.15, 0.2) is 5.17 Å². The quantitative estimate of drug-likeness (QED) is 0.774. The van der Waals surface area contributed by atoms with E-state index in [1.54, 1.807) is 30.8 Å². The summed E-state index contributed by atoms with van der Waals surface area (Å²) < 4.78 is 5.37. The molecule has 96 valence electrons. The van der Waals surface area contributed by atoms with Crippen molar-refractivity contribution in [2.24, 2.45) is 4.99 Å². The maximum Gasteiger partial charge on any atom is 0.243 e. The Morgan fingerprint density at radius 3 is 2.88 bits per heavy atom. The Balaban J connectivity index is 1.88. The van der Waals surface area contributed by atoms with Gasteiger partial charge in [-0.05, 0) is 12.8 Å². The minimum atomic E-state index is 0.0350. The standard InChI is InChI=1S/C11H19N3O2S/c1-14(2)9(15)7-12-10-13-11(8-17-10)3-5-16-6-4-11/h3-8H2,1-2H3,(H,12,13). The molecule has 2 fully saturated rings. The highest BCUT2D eigenvalue weighted by atomic mass is 32.2. The summed E-state index contributed by atoms with van der Waals surface area (Å²) >= 11 is 1.71. The summed E-state index contributed by atoms with van der Waals surface area (Å²) in [5, 5.41) is 4.37. The molecule has 0 saturated carbocycles. The van der Waals surface area contributed by atoms with Crippen molar-refractivity contribution in [3.8, 4) is 0 Å². The molecule has 1 spiro atoms. The number of nitrogens with zero attached hydrogens (tertiary/aromatic N) is 2. The molecule has 0 aromatic rings. The van der Waals surface area contributed by atoms with Crippen LogP contribution in [0.3, 0.4) is 0 Å². The second-order valence-corrected chi connectivity index (χ2v) is 5.68. The van der Waals surface area contributed by atoms with Gasteiger partial charge in [0.05, 0.1) is 5.54 Å². The number of nitrogens with one attached hydrogen (secondary N) is 1. The number of amides is 1. The molecule has 6 heteroatoms. The van der Waals surface area contributed by atoms with Crippen molar-refractivity contribution < 1.29 is 9.53 Å². The number of amidine groups is 1. The Hall–Kier alpha value is -0.750. The highest BCUT2D eigenvalue weighted by Crippen LogP contribution is 2.31. The van der Waals surface area contributed by atoms with Crippen LogP contribution >= 0.6 is 11.8 Å². The van der Waals surface area contributed by atoms with Crippen molar-refractivity contribution in [1.29, 1.82) is 0 Å². The fraction of sp³-hybridized carbons (Fsp3) is 0.818. The van der Waals surface area contributed by atoms with Crippen LogP contribution in [0.5, 0.6) is 0 Å². The summed E-state index contributed by atoms with van der Waals surface area (Å²) in [5.74, 6) is 1.07. The maximum absolute atomic E-state index is 11.4. The molecule has 0 aromatic carbocycles. The Bertz CT molecular complexity index is 325. The number of rotatable bonds is 2. The lowest BCUT2D eigenvalue weighted by Gasteiger charge is -2.32. The van der Waals surface area contributed by atoms with Gasteiger partial charge in [-0.15, -0.1) is 0 Å². The zero-order valence-corrected chi connectivity index (χ0v) is 11.2. The molecule has 2 rings (SSSR count). The van der Waals surface area contributed by atoms with E-state index in [-0.39, 0.29) is 18.0 Å². The lowest BCUT2D eigenvalue weighted by atomic mass is 9.93. The van der Waals surface area contributed by atoms with Crippen molar-refractivity contribution in [3.63, 3.8) is 0 Å². The number of carbonyl (C=O) groups is 1. The zero-order valence-electron chi connectivity index (χ0n) is 10.4. The number of hydrogen-bond donors (Lipinski definition) is 1. The topological polar surface area (TPSA) is 53.9 Å². The van der Waals surface area contributed by atoms with Crippen molar-refractivity contribution in [2.75, 3.05) is 39.6 Å². The minimum Gasteiger partial charge on any atom is -0.381 e. The monoisotopic (exact) mass is 257 g/mol. The molecule has 2 aliphatic heterocycles. The number of likely N-dealkylation sites (N-methyl/N-ethyl adjacent to an activating group) is 1. The van der Waals surface area contributed by atoms with Crippen molar-refractivity contribution in [2.45, 2.75) is 18.4 Å². The van der Waals surface area contributed by atoms with Gasteiger partial charge in [0.2, 0.25) is 5.91 Å². The number of carbonyl (C=O) groups excluding carboxylic acids is 1. The molecule has 0 radical (unpaired) electrons. The van der Waals surface area contributed by atoms with Gasteiger partial charge in [-0.2, -0.15) is 0 Å². The van der Waals surface area contributed by atoms with E-state index < -0.39 is 0 Å². The van der Waals surface area contributed by atoms with E-state index in [4.69, 9.17) is 4.74 Å². The third-order valence-corrected chi connectivity index (χ3v) is 4.37. The Morgan fingerprint density at radius 1 is 1.53 bits per heavy atom. The van der Waals surface area contributed by atoms with E-state index in [0.29, 0.717) is 0 Å². The number of thioether (sulfide) groups is 1. The average Bonchev–Trinajstić information content (AvgIpc) is 2.70. The van der Waals surface area contributed by atoms with E-state index >= 15 is 0 Å². The van der Waals surface area contributed by atoms with Crippen LogP contribution in [-0.2, 0) is 9.53 Å². The van der Waals surface area contributed by atoms with E-state index in [0.717, 1.165) is 37.0 Å². The summed E-state index contributed by atoms with van der Waals surface area (Å²) in [6, 6.07) is 0. The van der Waals surface area contributed by atoms with Crippen LogP contribution in [0.4, 0.5) is 0 Å². The minimum absolute atomic E-state index is 0.0350. The lowest BCUT2D eigenvalue weighted by molar-refractivity contribution is -0.127. The van der Waals surface area contributed by atoms with Crippen molar-refractivity contribution >= 4 is 22.8 Å². The normalized spacial score (nSPS) is 24.9. The summed E-state index contributed by atoms with van der Waals surface area (Å²) in [7, 11) is 3.50. The molecule has 0 aromatic heterocycles. The molecule has 1 amide bonds. The third kappa shape index (κ3) is 3.13. The zero-order chi connectivity index (χ0) is 12.3. The van der Waals surface area contributed by atoms with Crippen LogP contribution < -0.4 is 5.32 Å². The van der Waals surface area contributed by atoms with Gasteiger partial charge in [-0.1, -0.05) is 11.8 Å². The van der Waals surface area contributed by atoms with Gasteiger partial charge >= 0.3 is 0 Å². The van der Waals surface area contributed by atoms with E-state index in [9.17, 15) is 4.79 Å². The van der Waals surface area contributed by atoms with Gasteiger partial charge < -0.3 is 15.0 Å². The van der Waals surface area contributed by atoms with Crippen LogP contribution in [0.25, 0.3) is 0 Å². The lowest BCUT2D eigenvalue weighted by Crippen LogP contribution is -2.48. The molecule has 0 bridgehead atoms. The molecule has 2 aliphatic rings. The first-order valence-corrected chi connectivity index (χ1v) is 6.83. The third-order valence-electron chi connectivity index (χ3n) is 3.16. The Morgan fingerprint density at radius 2 is 2.24 bits per heavy atom. The second kappa shape index (κ2) is 5.27. The molecule has 2 heterocycles. The summed E-state index contributed by atoms with van der Waals surface area (Å²) in [5.41, 5.74) is 0.156. The Kier molecular flexibility index (Phi) is 3.93. The number of aliphatic imine (C=N–C) groups is 1. The number of ether oxygens (including phenoxy) is 1. The summed E-state index contributed by atoms with van der Waals surface area (Å²) in [4.78, 5) is 17.3. The maximum atomic E-state index is 11.4. The predicted octanol–water partition coefficient (Wildman–Crippen LogP) is 0.316. The Labute approximate surface area is 106 Å². The molecular formula is C11H19N3O2S. The van der Waals surface area contributed by atoms with E-state index in [1.807, 2.05) is 0 Å². The first kappa shape index (κ1) is 12.7. The van der Waals surface area contributed by atoms with Crippen molar-refractivity contribution in [1.82, 2.24) is 10.2 Å². The smallest absolute Gasteiger partial charge is 0.243 e. The predicted molar refractivity (Wildman–Crippen MR) is 69.4 cm³/mol. The van der Waals surface area contributed by atoms with Crippen LogP contribution in [0.2, 0.25) is 0 Å². The highest BCUT2D eigenvalue weighted by molar-refractivity contribution is 8.14. The molecular weight excluding hydrogens is 238 g/mol. The van der Waals surface area contributed by atoms with E-state index in [1.165, 1.54) is 0 Å². The van der Waals surface area contributed by atoms with Gasteiger partial charge in [0, 0.05) is 33.1 Å². The molecule has 5 nitrogen and oxygen atoms in total. The fourth-order valence-electron chi connectivity index (χ4n) is 1.90. The average molecular weight is 257 g/mol. The van der Waals surface area contributed by atoms with E-state index in [2.05, 4.69) is 10.3 Å². The molecule has 2 saturated heterocycles. The van der Waals surface area contributed by atoms with Gasteiger partial charge in [0.25, 0.3) is 0 Å². The number of hydrogen-bond acceptors (Lipinski definition) is 4. The first-order valence-electron chi connectivity index (χ1n) is 5.85. The highest BCUT2D eigenvalue weighted by Gasteiger charge is 2.38. The van der Waals surface area contributed by atoms with Crippen LogP contribution in [0, 0.1) is 0 Å². The SMILES string of the molecule is CN(C)C(=O)CN=C1NC2(CCOCC2)CS1. The molecule has 0 unspecified atom stereocenters.